The lowest BCUT2D eigenvalue weighted by Gasteiger charge is -2.36. The molecule has 0 saturated carbocycles. The summed E-state index contributed by atoms with van der Waals surface area (Å²) >= 11 is 0. The quantitative estimate of drug-likeness (QED) is 0.553. The third kappa shape index (κ3) is 5.92. The smallest absolute Gasteiger partial charge is 0.244 e. The van der Waals surface area contributed by atoms with Crippen LogP contribution in [0.2, 0.25) is 0 Å². The van der Waals surface area contributed by atoms with Crippen molar-refractivity contribution < 1.29 is 4.79 Å². The Morgan fingerprint density at radius 3 is 2.40 bits per heavy atom. The molecular formula is C22H31N7O. The van der Waals surface area contributed by atoms with Crippen molar-refractivity contribution >= 4 is 17.8 Å². The third-order valence-electron chi connectivity index (χ3n) is 5.06. The van der Waals surface area contributed by atoms with Crippen molar-refractivity contribution in [3.63, 3.8) is 0 Å². The summed E-state index contributed by atoms with van der Waals surface area (Å²) in [5.74, 6) is 1.58. The Kier molecular flexibility index (Phi) is 8.00. The lowest BCUT2D eigenvalue weighted by atomic mass is 10.2. The van der Waals surface area contributed by atoms with Gasteiger partial charge >= 0.3 is 0 Å². The average molecular weight is 410 g/mol. The maximum atomic E-state index is 12.8. The number of nitrogens with zero attached hydrogens (tertiary/aromatic N) is 6. The van der Waals surface area contributed by atoms with Gasteiger partial charge in [-0.2, -0.15) is 0 Å². The fourth-order valence-corrected chi connectivity index (χ4v) is 3.42. The number of rotatable bonds is 7. The molecule has 0 radical (unpaired) electrons. The van der Waals surface area contributed by atoms with Crippen LogP contribution in [-0.2, 0) is 11.3 Å². The topological polar surface area (TPSA) is 77.0 Å². The molecule has 8 nitrogen and oxygen atoms in total. The summed E-state index contributed by atoms with van der Waals surface area (Å²) in [5, 5.41) is 3.32. The summed E-state index contributed by atoms with van der Waals surface area (Å²) in [5.41, 5.74) is 1.13. The zero-order valence-corrected chi connectivity index (χ0v) is 17.9. The molecule has 30 heavy (non-hydrogen) atoms. The van der Waals surface area contributed by atoms with Gasteiger partial charge in [-0.3, -0.25) is 4.79 Å². The van der Waals surface area contributed by atoms with Crippen molar-refractivity contribution in [2.24, 2.45) is 4.99 Å². The number of amides is 1. The van der Waals surface area contributed by atoms with E-state index in [1.54, 1.807) is 12.4 Å². The van der Waals surface area contributed by atoms with Crippen LogP contribution >= 0.6 is 0 Å². The van der Waals surface area contributed by atoms with Crippen LogP contribution in [0.1, 0.15) is 19.4 Å². The number of piperazine rings is 1. The maximum Gasteiger partial charge on any atom is 0.244 e. The Labute approximate surface area is 178 Å². The highest BCUT2D eigenvalue weighted by Crippen LogP contribution is 2.10. The molecule has 1 aromatic heterocycles. The molecular weight excluding hydrogens is 378 g/mol. The normalized spacial score (nSPS) is 14.5. The number of anilines is 1. The van der Waals surface area contributed by atoms with E-state index in [1.165, 1.54) is 0 Å². The van der Waals surface area contributed by atoms with Gasteiger partial charge in [0.2, 0.25) is 11.9 Å². The van der Waals surface area contributed by atoms with E-state index in [0.717, 1.165) is 50.2 Å². The number of aliphatic imine (C=N–C) groups is 1. The first-order valence-electron chi connectivity index (χ1n) is 10.6. The number of hydrogen-bond acceptors (Lipinski definition) is 5. The molecule has 0 bridgehead atoms. The Bertz CT molecular complexity index is 805. The Morgan fingerprint density at radius 2 is 1.77 bits per heavy atom. The Balaban J connectivity index is 1.58. The van der Waals surface area contributed by atoms with Crippen LogP contribution < -0.4 is 10.2 Å². The zero-order valence-electron chi connectivity index (χ0n) is 17.9. The Morgan fingerprint density at radius 1 is 1.07 bits per heavy atom. The molecule has 1 aliphatic heterocycles. The number of hydrogen-bond donors (Lipinski definition) is 1. The highest BCUT2D eigenvalue weighted by molar-refractivity contribution is 5.85. The van der Waals surface area contributed by atoms with E-state index in [1.807, 2.05) is 55.1 Å². The van der Waals surface area contributed by atoms with E-state index in [4.69, 9.17) is 0 Å². The molecule has 2 aromatic rings. The van der Waals surface area contributed by atoms with Gasteiger partial charge in [-0.05, 0) is 25.5 Å². The molecule has 1 N–H and O–H groups in total. The second kappa shape index (κ2) is 11.1. The molecule has 8 heteroatoms. The minimum absolute atomic E-state index is 0.0353. The largest absolute Gasteiger partial charge is 0.357 e. The number of guanidine groups is 1. The Hall–Kier alpha value is -3.16. The summed E-state index contributed by atoms with van der Waals surface area (Å²) in [6, 6.07) is 11.9. The van der Waals surface area contributed by atoms with Crippen LogP contribution in [0.3, 0.4) is 0 Å². The molecule has 1 amide bonds. The predicted octanol–water partition coefficient (Wildman–Crippen LogP) is 1.61. The molecule has 0 unspecified atom stereocenters. The van der Waals surface area contributed by atoms with E-state index in [9.17, 15) is 4.79 Å². The van der Waals surface area contributed by atoms with Crippen LogP contribution in [-0.4, -0.2) is 77.4 Å². The van der Waals surface area contributed by atoms with Crippen LogP contribution in [0.4, 0.5) is 5.95 Å². The summed E-state index contributed by atoms with van der Waals surface area (Å²) in [7, 11) is 0. The van der Waals surface area contributed by atoms with Gasteiger partial charge in [0, 0.05) is 58.2 Å². The van der Waals surface area contributed by atoms with Crippen molar-refractivity contribution in [2.75, 3.05) is 50.7 Å². The first kappa shape index (κ1) is 21.5. The van der Waals surface area contributed by atoms with E-state index in [0.29, 0.717) is 13.1 Å². The minimum atomic E-state index is 0.0353. The van der Waals surface area contributed by atoms with E-state index >= 15 is 0 Å². The van der Waals surface area contributed by atoms with Gasteiger partial charge in [0.1, 0.15) is 6.54 Å². The molecule has 1 aliphatic rings. The fraction of sp³-hybridized carbons (Fsp3) is 0.455. The van der Waals surface area contributed by atoms with Gasteiger partial charge in [-0.25, -0.2) is 15.0 Å². The standard InChI is InChI=1S/C22H31N7O/c1-3-23-21(28-13-15-29(16-14-28)22-24-11-8-12-25-22)26-17-20(30)27(4-2)18-19-9-6-5-7-10-19/h5-12H,3-4,13-18H2,1-2H3,(H,23,26). The third-order valence-corrected chi connectivity index (χ3v) is 5.06. The van der Waals surface area contributed by atoms with Crippen LogP contribution in [0.15, 0.2) is 53.8 Å². The molecule has 1 aromatic carbocycles. The first-order chi connectivity index (χ1) is 14.7. The highest BCUT2D eigenvalue weighted by atomic mass is 16.2. The van der Waals surface area contributed by atoms with E-state index < -0.39 is 0 Å². The molecule has 1 saturated heterocycles. The molecule has 0 aliphatic carbocycles. The highest BCUT2D eigenvalue weighted by Gasteiger charge is 2.21. The molecule has 160 valence electrons. The van der Waals surface area contributed by atoms with Crippen LogP contribution in [0, 0.1) is 0 Å². The molecule has 0 spiro atoms. The maximum absolute atomic E-state index is 12.8. The van der Waals surface area contributed by atoms with Crippen molar-refractivity contribution in [2.45, 2.75) is 20.4 Å². The van der Waals surface area contributed by atoms with Crippen molar-refractivity contribution in [1.82, 2.24) is 25.1 Å². The minimum Gasteiger partial charge on any atom is -0.357 e. The first-order valence-corrected chi connectivity index (χ1v) is 10.6. The van der Waals surface area contributed by atoms with Gasteiger partial charge in [0.05, 0.1) is 0 Å². The van der Waals surface area contributed by atoms with Crippen molar-refractivity contribution in [1.29, 1.82) is 0 Å². The molecule has 1 fully saturated rings. The van der Waals surface area contributed by atoms with Gasteiger partial charge in [-0.1, -0.05) is 30.3 Å². The van der Waals surface area contributed by atoms with Gasteiger partial charge in [-0.15, -0.1) is 0 Å². The summed E-state index contributed by atoms with van der Waals surface area (Å²) in [4.78, 5) is 32.3. The van der Waals surface area contributed by atoms with Gasteiger partial charge in [0.25, 0.3) is 0 Å². The number of carbonyl (C=O) groups excluding carboxylic acids is 1. The SMILES string of the molecule is CCNC(=NCC(=O)N(CC)Cc1ccccc1)N1CCN(c2ncccn2)CC1. The predicted molar refractivity (Wildman–Crippen MR) is 119 cm³/mol. The lowest BCUT2D eigenvalue weighted by molar-refractivity contribution is -0.130. The number of carbonyl (C=O) groups is 1. The van der Waals surface area contributed by atoms with Gasteiger partial charge < -0.3 is 20.0 Å². The van der Waals surface area contributed by atoms with Crippen molar-refractivity contribution in [3.05, 3.63) is 54.4 Å². The average Bonchev–Trinajstić information content (AvgIpc) is 2.81. The summed E-state index contributed by atoms with van der Waals surface area (Å²) < 4.78 is 0. The number of aromatic nitrogens is 2. The van der Waals surface area contributed by atoms with Crippen molar-refractivity contribution in [3.8, 4) is 0 Å². The fourth-order valence-electron chi connectivity index (χ4n) is 3.42. The molecule has 0 atom stereocenters. The zero-order chi connectivity index (χ0) is 21.2. The summed E-state index contributed by atoms with van der Waals surface area (Å²) in [6.45, 7) is 9.46. The monoisotopic (exact) mass is 409 g/mol. The van der Waals surface area contributed by atoms with Crippen LogP contribution in [0.5, 0.6) is 0 Å². The lowest BCUT2D eigenvalue weighted by Crippen LogP contribution is -2.53. The number of likely N-dealkylation sites (N-methyl/N-ethyl adjacent to an activating group) is 1. The molecule has 2 heterocycles. The molecule has 3 rings (SSSR count). The summed E-state index contributed by atoms with van der Waals surface area (Å²) in [6.07, 6.45) is 3.53. The van der Waals surface area contributed by atoms with Crippen LogP contribution in [0.25, 0.3) is 0 Å². The van der Waals surface area contributed by atoms with E-state index in [2.05, 4.69) is 30.1 Å². The van der Waals surface area contributed by atoms with E-state index in [-0.39, 0.29) is 12.5 Å². The second-order valence-electron chi connectivity index (χ2n) is 7.09. The number of benzene rings is 1. The number of nitrogens with one attached hydrogen (secondary N) is 1. The second-order valence-corrected chi connectivity index (χ2v) is 7.09. The van der Waals surface area contributed by atoms with Gasteiger partial charge in [0.15, 0.2) is 5.96 Å².